The second-order valence-corrected chi connectivity index (χ2v) is 9.19. The molecule has 0 saturated carbocycles. The molecule has 0 bridgehead atoms. The number of ether oxygens (including phenoxy) is 3. The Morgan fingerprint density at radius 1 is 1.00 bits per heavy atom. The highest BCUT2D eigenvalue weighted by molar-refractivity contribution is 8.18. The van der Waals surface area contributed by atoms with Crippen molar-refractivity contribution in [3.8, 4) is 17.2 Å². The van der Waals surface area contributed by atoms with Gasteiger partial charge in [-0.15, -0.1) is 0 Å². The van der Waals surface area contributed by atoms with E-state index in [9.17, 15) is 9.59 Å². The number of nitrogens with zero attached hydrogens (tertiary/aromatic N) is 2. The zero-order chi connectivity index (χ0) is 27.1. The van der Waals surface area contributed by atoms with Crippen molar-refractivity contribution in [1.82, 2.24) is 4.90 Å². The fourth-order valence-corrected chi connectivity index (χ4v) is 4.78. The number of aliphatic imine (C=N–C) groups is 1. The van der Waals surface area contributed by atoms with Gasteiger partial charge >= 0.3 is 5.97 Å². The summed E-state index contributed by atoms with van der Waals surface area (Å²) in [6.07, 6.45) is 1.81. The third-order valence-corrected chi connectivity index (χ3v) is 6.66. The summed E-state index contributed by atoms with van der Waals surface area (Å²) in [6.45, 7) is 5.20. The second kappa shape index (κ2) is 12.3. The Kier molecular flexibility index (Phi) is 8.70. The number of carboxylic acid groups (broad SMARTS) is 1. The summed E-state index contributed by atoms with van der Waals surface area (Å²) >= 11 is 1.33. The van der Waals surface area contributed by atoms with Crippen LogP contribution in [0.2, 0.25) is 0 Å². The number of hydrogen-bond donors (Lipinski definition) is 1. The SMILES string of the molecule is CCOc1ccc(N=C2S/C(=C\c3ccc(OCc4ccc(C(=O)O)cc4)c(OC)c3)C(=O)N2CC)cc1. The monoisotopic (exact) mass is 532 g/mol. The van der Waals surface area contributed by atoms with E-state index in [2.05, 4.69) is 4.99 Å². The zero-order valence-corrected chi connectivity index (χ0v) is 22.2. The van der Waals surface area contributed by atoms with Crippen LogP contribution in [0, 0.1) is 0 Å². The minimum absolute atomic E-state index is 0.105. The van der Waals surface area contributed by atoms with Crippen molar-refractivity contribution in [1.29, 1.82) is 0 Å². The molecule has 38 heavy (non-hydrogen) atoms. The first kappa shape index (κ1) is 26.8. The first-order valence-electron chi connectivity index (χ1n) is 12.1. The van der Waals surface area contributed by atoms with Gasteiger partial charge in [-0.3, -0.25) is 9.69 Å². The van der Waals surface area contributed by atoms with Gasteiger partial charge in [-0.2, -0.15) is 0 Å². The third-order valence-electron chi connectivity index (χ3n) is 5.66. The average Bonchev–Trinajstić information content (AvgIpc) is 3.22. The number of hydrogen-bond acceptors (Lipinski definition) is 7. The topological polar surface area (TPSA) is 97.7 Å². The number of amides is 1. The summed E-state index contributed by atoms with van der Waals surface area (Å²) in [5, 5.41) is 9.66. The maximum atomic E-state index is 13.1. The Hall–Kier alpha value is -4.24. The first-order valence-corrected chi connectivity index (χ1v) is 12.9. The number of likely N-dealkylation sites (N-methyl/N-ethyl adjacent to an activating group) is 1. The van der Waals surface area contributed by atoms with E-state index in [1.807, 2.05) is 56.3 Å². The maximum absolute atomic E-state index is 13.1. The van der Waals surface area contributed by atoms with Crippen molar-refractivity contribution in [2.75, 3.05) is 20.3 Å². The van der Waals surface area contributed by atoms with Crippen LogP contribution < -0.4 is 14.2 Å². The third kappa shape index (κ3) is 6.36. The summed E-state index contributed by atoms with van der Waals surface area (Å²) in [5.41, 5.74) is 2.58. The molecule has 0 radical (unpaired) electrons. The highest BCUT2D eigenvalue weighted by Crippen LogP contribution is 2.36. The van der Waals surface area contributed by atoms with E-state index in [1.165, 1.54) is 23.9 Å². The summed E-state index contributed by atoms with van der Waals surface area (Å²) in [4.78, 5) is 31.0. The van der Waals surface area contributed by atoms with E-state index in [4.69, 9.17) is 19.3 Å². The molecule has 1 aliphatic heterocycles. The van der Waals surface area contributed by atoms with Crippen LogP contribution >= 0.6 is 11.8 Å². The Balaban J connectivity index is 1.49. The summed E-state index contributed by atoms with van der Waals surface area (Å²) < 4.78 is 16.9. The molecule has 1 fully saturated rings. The molecule has 0 aromatic heterocycles. The molecule has 9 heteroatoms. The molecule has 0 aliphatic carbocycles. The lowest BCUT2D eigenvalue weighted by molar-refractivity contribution is -0.122. The Labute approximate surface area is 225 Å². The number of benzene rings is 3. The molecule has 3 aromatic carbocycles. The molecule has 1 heterocycles. The van der Waals surface area contributed by atoms with Crippen molar-refractivity contribution >= 4 is 40.6 Å². The predicted octanol–water partition coefficient (Wildman–Crippen LogP) is 6.00. The summed E-state index contributed by atoms with van der Waals surface area (Å²) in [7, 11) is 1.55. The quantitative estimate of drug-likeness (QED) is 0.320. The number of aromatic carboxylic acids is 1. The zero-order valence-electron chi connectivity index (χ0n) is 21.3. The van der Waals surface area contributed by atoms with E-state index < -0.39 is 5.97 Å². The normalized spacial score (nSPS) is 15.2. The van der Waals surface area contributed by atoms with Crippen LogP contribution in [0.25, 0.3) is 6.08 Å². The molecule has 196 valence electrons. The van der Waals surface area contributed by atoms with Gasteiger partial charge in [0.1, 0.15) is 12.4 Å². The minimum Gasteiger partial charge on any atom is -0.494 e. The molecule has 8 nitrogen and oxygen atoms in total. The van der Waals surface area contributed by atoms with Crippen LogP contribution in [-0.2, 0) is 11.4 Å². The molecule has 1 amide bonds. The predicted molar refractivity (Wildman–Crippen MR) is 148 cm³/mol. The fraction of sp³-hybridized carbons (Fsp3) is 0.207. The van der Waals surface area contributed by atoms with E-state index in [-0.39, 0.29) is 18.1 Å². The molecule has 1 aliphatic rings. The van der Waals surface area contributed by atoms with E-state index in [1.54, 1.807) is 30.2 Å². The van der Waals surface area contributed by atoms with Crippen molar-refractivity contribution in [3.05, 3.63) is 88.3 Å². The minimum atomic E-state index is -0.973. The standard InChI is InChI=1S/C29H28N2O6S/c1-4-31-27(32)26(38-29(31)30-22-11-13-23(14-12-22)36-5-2)17-20-8-15-24(25(16-20)35-3)37-18-19-6-9-21(10-7-19)28(33)34/h6-17H,4-5,18H2,1-3H3,(H,33,34)/b26-17-,30-29?. The lowest BCUT2D eigenvalue weighted by Gasteiger charge is -2.12. The Morgan fingerprint density at radius 3 is 2.37 bits per heavy atom. The largest absolute Gasteiger partial charge is 0.494 e. The average molecular weight is 533 g/mol. The lowest BCUT2D eigenvalue weighted by Crippen LogP contribution is -2.28. The maximum Gasteiger partial charge on any atom is 0.335 e. The van der Waals surface area contributed by atoms with Gasteiger partial charge in [-0.05, 0) is 91.3 Å². The van der Waals surface area contributed by atoms with Crippen molar-refractivity contribution in [2.24, 2.45) is 4.99 Å². The number of thioether (sulfide) groups is 1. The molecule has 0 unspecified atom stereocenters. The van der Waals surface area contributed by atoms with Crippen LogP contribution in [0.4, 0.5) is 5.69 Å². The van der Waals surface area contributed by atoms with Gasteiger partial charge in [-0.25, -0.2) is 9.79 Å². The van der Waals surface area contributed by atoms with Crippen molar-refractivity contribution in [2.45, 2.75) is 20.5 Å². The molecule has 3 aromatic rings. The number of carboxylic acids is 1. The Morgan fingerprint density at radius 2 is 1.74 bits per heavy atom. The number of carbonyl (C=O) groups excluding carboxylic acids is 1. The fourth-order valence-electron chi connectivity index (χ4n) is 3.71. The van der Waals surface area contributed by atoms with Crippen LogP contribution in [0.5, 0.6) is 17.2 Å². The summed E-state index contributed by atoms with van der Waals surface area (Å²) in [5.74, 6) is 0.755. The van der Waals surface area contributed by atoms with E-state index in [0.29, 0.717) is 34.7 Å². The van der Waals surface area contributed by atoms with Crippen LogP contribution in [0.1, 0.15) is 35.3 Å². The van der Waals surface area contributed by atoms with Gasteiger partial charge in [0, 0.05) is 6.54 Å². The van der Waals surface area contributed by atoms with Crippen LogP contribution in [0.3, 0.4) is 0 Å². The summed E-state index contributed by atoms with van der Waals surface area (Å²) in [6, 6.07) is 19.4. The van der Waals surface area contributed by atoms with Gasteiger partial charge in [0.05, 0.1) is 29.9 Å². The lowest BCUT2D eigenvalue weighted by atomic mass is 10.1. The van der Waals surface area contributed by atoms with Crippen LogP contribution in [0.15, 0.2) is 76.6 Å². The molecule has 0 atom stereocenters. The van der Waals surface area contributed by atoms with Crippen molar-refractivity contribution < 1.29 is 28.9 Å². The molecular formula is C29H28N2O6S. The second-order valence-electron chi connectivity index (χ2n) is 8.18. The molecule has 1 N–H and O–H groups in total. The van der Waals surface area contributed by atoms with Gasteiger partial charge < -0.3 is 19.3 Å². The Bertz CT molecular complexity index is 1370. The highest BCUT2D eigenvalue weighted by Gasteiger charge is 2.32. The van der Waals surface area contributed by atoms with Gasteiger partial charge in [0.25, 0.3) is 5.91 Å². The van der Waals surface area contributed by atoms with Crippen molar-refractivity contribution in [3.63, 3.8) is 0 Å². The number of methoxy groups -OCH3 is 1. The van der Waals surface area contributed by atoms with E-state index in [0.717, 1.165) is 22.6 Å². The number of amidine groups is 1. The first-order chi connectivity index (χ1) is 18.4. The smallest absolute Gasteiger partial charge is 0.335 e. The van der Waals surface area contributed by atoms with Gasteiger partial charge in [-0.1, -0.05) is 18.2 Å². The van der Waals surface area contributed by atoms with Gasteiger partial charge in [0.2, 0.25) is 0 Å². The number of carbonyl (C=O) groups is 2. The molecule has 0 spiro atoms. The van der Waals surface area contributed by atoms with Crippen LogP contribution in [-0.4, -0.2) is 47.3 Å². The van der Waals surface area contributed by atoms with E-state index >= 15 is 0 Å². The molecule has 1 saturated heterocycles. The highest BCUT2D eigenvalue weighted by atomic mass is 32.2. The number of rotatable bonds is 10. The molecular weight excluding hydrogens is 504 g/mol. The van der Waals surface area contributed by atoms with Gasteiger partial charge in [0.15, 0.2) is 16.7 Å². The molecule has 4 rings (SSSR count).